The Morgan fingerprint density at radius 2 is 2.33 bits per heavy atom. The Bertz CT molecular complexity index is 491. The van der Waals surface area contributed by atoms with E-state index in [1.165, 1.54) is 9.40 Å². The summed E-state index contributed by atoms with van der Waals surface area (Å²) < 4.78 is 2.39. The van der Waals surface area contributed by atoms with Gasteiger partial charge >= 0.3 is 0 Å². The summed E-state index contributed by atoms with van der Waals surface area (Å²) in [5.41, 5.74) is 0. The smallest absolute Gasteiger partial charge is 0.261 e. The number of hydrogen-bond acceptors (Lipinski definition) is 3. The van der Waals surface area contributed by atoms with Crippen LogP contribution in [0, 0.1) is 5.92 Å². The van der Waals surface area contributed by atoms with Crippen LogP contribution >= 0.6 is 34.3 Å². The summed E-state index contributed by atoms with van der Waals surface area (Å²) >= 11 is 8.97. The van der Waals surface area contributed by atoms with Crippen molar-refractivity contribution >= 4 is 49.6 Å². The van der Waals surface area contributed by atoms with Gasteiger partial charge in [-0.1, -0.05) is 6.92 Å². The van der Waals surface area contributed by atoms with Gasteiger partial charge in [0.25, 0.3) is 5.91 Å². The number of carbonyl (C=O) groups is 1. The maximum Gasteiger partial charge on any atom is 0.261 e. The highest BCUT2D eigenvalue weighted by Gasteiger charge is 2.10. The van der Waals surface area contributed by atoms with E-state index in [1.54, 1.807) is 22.7 Å². The molecule has 2 rings (SSSR count). The van der Waals surface area contributed by atoms with Crippen molar-refractivity contribution in [2.24, 2.45) is 5.92 Å². The summed E-state index contributed by atoms with van der Waals surface area (Å²) in [6, 6.07) is 4.03. The molecule has 0 aliphatic rings. The minimum Gasteiger partial charge on any atom is -0.351 e. The number of carbonyl (C=O) groups excluding carboxylic acids is 1. The molecular weight excluding hydrogens is 286 g/mol. The van der Waals surface area contributed by atoms with E-state index in [0.29, 0.717) is 11.8 Å². The van der Waals surface area contributed by atoms with Crippen molar-refractivity contribution < 1.29 is 4.79 Å². The molecule has 1 unspecified atom stereocenters. The molecule has 0 aliphatic carbocycles. The first-order valence-electron chi connectivity index (χ1n) is 6.02. The molecule has 0 radical (unpaired) electrons. The lowest BCUT2D eigenvalue weighted by Crippen LogP contribution is -2.23. The van der Waals surface area contributed by atoms with Crippen molar-refractivity contribution in [2.45, 2.75) is 19.8 Å². The summed E-state index contributed by atoms with van der Waals surface area (Å²) in [5, 5.41) is 5.01. The molecule has 0 aromatic carbocycles. The van der Waals surface area contributed by atoms with Crippen LogP contribution in [-0.2, 0) is 0 Å². The van der Waals surface area contributed by atoms with Crippen molar-refractivity contribution in [1.29, 1.82) is 0 Å². The second-order valence-electron chi connectivity index (χ2n) is 4.42. The van der Waals surface area contributed by atoms with Gasteiger partial charge in [-0.2, -0.15) is 0 Å². The predicted octanol–water partition coefficient (Wildman–Crippen LogP) is 4.35. The molecule has 0 aliphatic heterocycles. The third-order valence-corrected chi connectivity index (χ3v) is 5.40. The van der Waals surface area contributed by atoms with Crippen LogP contribution in [0.3, 0.4) is 0 Å². The van der Waals surface area contributed by atoms with Gasteiger partial charge in [0, 0.05) is 21.8 Å². The van der Waals surface area contributed by atoms with Gasteiger partial charge in [0.2, 0.25) is 0 Å². The zero-order chi connectivity index (χ0) is 13.0. The Balaban J connectivity index is 1.80. The lowest BCUT2D eigenvalue weighted by atomic mass is 10.1. The minimum absolute atomic E-state index is 0.0435. The van der Waals surface area contributed by atoms with E-state index in [4.69, 9.17) is 11.6 Å². The Morgan fingerprint density at radius 3 is 3.06 bits per heavy atom. The molecule has 98 valence electrons. The average molecular weight is 302 g/mol. The van der Waals surface area contributed by atoms with E-state index in [0.717, 1.165) is 24.3 Å². The molecule has 0 saturated carbocycles. The fourth-order valence-electron chi connectivity index (χ4n) is 1.69. The monoisotopic (exact) mass is 301 g/mol. The van der Waals surface area contributed by atoms with Gasteiger partial charge in [-0.25, -0.2) is 0 Å². The third-order valence-electron chi connectivity index (χ3n) is 2.79. The van der Waals surface area contributed by atoms with Crippen molar-refractivity contribution in [1.82, 2.24) is 5.32 Å². The topological polar surface area (TPSA) is 29.1 Å². The van der Waals surface area contributed by atoms with E-state index < -0.39 is 0 Å². The molecule has 18 heavy (non-hydrogen) atoms. The quantitative estimate of drug-likeness (QED) is 0.624. The lowest BCUT2D eigenvalue weighted by Gasteiger charge is -2.07. The highest BCUT2D eigenvalue weighted by molar-refractivity contribution is 7.27. The summed E-state index contributed by atoms with van der Waals surface area (Å²) in [7, 11) is 0. The molecule has 2 nitrogen and oxygen atoms in total. The van der Waals surface area contributed by atoms with Crippen LogP contribution in [-0.4, -0.2) is 18.3 Å². The molecule has 2 heterocycles. The number of halogens is 1. The SMILES string of the molecule is CC(CCl)CCCNC(=O)c1cc2sccc2s1. The Kier molecular flexibility index (Phi) is 5.03. The van der Waals surface area contributed by atoms with Crippen molar-refractivity contribution in [3.05, 3.63) is 22.4 Å². The van der Waals surface area contributed by atoms with E-state index in [2.05, 4.69) is 23.7 Å². The van der Waals surface area contributed by atoms with Crippen LogP contribution in [0.2, 0.25) is 0 Å². The van der Waals surface area contributed by atoms with Gasteiger partial charge in [0.15, 0.2) is 0 Å². The summed E-state index contributed by atoms with van der Waals surface area (Å²) in [4.78, 5) is 12.7. The standard InChI is InChI=1S/C13H16ClNOS2/c1-9(8-14)3-2-5-15-13(16)12-7-11-10(18-12)4-6-17-11/h4,6-7,9H,2-3,5,8H2,1H3,(H,15,16). The largest absolute Gasteiger partial charge is 0.351 e. The van der Waals surface area contributed by atoms with Gasteiger partial charge in [0.05, 0.1) is 4.88 Å². The first kappa shape index (κ1) is 13.8. The van der Waals surface area contributed by atoms with Crippen molar-refractivity contribution in [3.8, 4) is 0 Å². The van der Waals surface area contributed by atoms with Gasteiger partial charge in [-0.05, 0) is 36.3 Å². The maximum atomic E-state index is 11.9. The first-order valence-corrected chi connectivity index (χ1v) is 8.25. The summed E-state index contributed by atoms with van der Waals surface area (Å²) in [6.45, 7) is 2.85. The molecular formula is C13H16ClNOS2. The second kappa shape index (κ2) is 6.55. The van der Waals surface area contributed by atoms with Crippen molar-refractivity contribution in [3.63, 3.8) is 0 Å². The van der Waals surface area contributed by atoms with Gasteiger partial charge in [0.1, 0.15) is 0 Å². The number of amides is 1. The van der Waals surface area contributed by atoms with Crippen LogP contribution in [0.5, 0.6) is 0 Å². The van der Waals surface area contributed by atoms with E-state index in [-0.39, 0.29) is 5.91 Å². The van der Waals surface area contributed by atoms with Crippen LogP contribution in [0.25, 0.3) is 9.40 Å². The van der Waals surface area contributed by atoms with E-state index >= 15 is 0 Å². The first-order chi connectivity index (χ1) is 8.70. The molecule has 1 atom stereocenters. The third kappa shape index (κ3) is 3.46. The van der Waals surface area contributed by atoms with Crippen molar-refractivity contribution in [2.75, 3.05) is 12.4 Å². The second-order valence-corrected chi connectivity index (χ2v) is 6.76. The fraction of sp³-hybridized carbons (Fsp3) is 0.462. The lowest BCUT2D eigenvalue weighted by molar-refractivity contribution is 0.0956. The molecule has 2 aromatic rings. The Morgan fingerprint density at radius 1 is 1.50 bits per heavy atom. The highest BCUT2D eigenvalue weighted by Crippen LogP contribution is 2.29. The summed E-state index contributed by atoms with van der Waals surface area (Å²) in [5.74, 6) is 1.26. The normalized spacial score (nSPS) is 12.8. The molecule has 5 heteroatoms. The fourth-order valence-corrected chi connectivity index (χ4v) is 3.87. The number of nitrogens with one attached hydrogen (secondary N) is 1. The molecule has 1 N–H and O–H groups in total. The van der Waals surface area contributed by atoms with Crippen LogP contribution in [0.4, 0.5) is 0 Å². The molecule has 0 spiro atoms. The number of alkyl halides is 1. The Hall–Kier alpha value is -0.580. The molecule has 2 aromatic heterocycles. The number of hydrogen-bond donors (Lipinski definition) is 1. The number of rotatable bonds is 6. The van der Waals surface area contributed by atoms with Crippen LogP contribution in [0.15, 0.2) is 17.5 Å². The van der Waals surface area contributed by atoms with Gasteiger partial charge in [-0.15, -0.1) is 34.3 Å². The number of fused-ring (bicyclic) bond motifs is 1. The summed E-state index contributed by atoms with van der Waals surface area (Å²) in [6.07, 6.45) is 2.04. The average Bonchev–Trinajstić information content (AvgIpc) is 2.94. The van der Waals surface area contributed by atoms with Crippen LogP contribution in [0.1, 0.15) is 29.4 Å². The van der Waals surface area contributed by atoms with Crippen LogP contribution < -0.4 is 5.32 Å². The molecule has 1 amide bonds. The predicted molar refractivity (Wildman–Crippen MR) is 81.2 cm³/mol. The highest BCUT2D eigenvalue weighted by atomic mass is 35.5. The minimum atomic E-state index is 0.0435. The molecule has 0 saturated heterocycles. The molecule has 0 fully saturated rings. The van der Waals surface area contributed by atoms with Gasteiger partial charge in [-0.3, -0.25) is 4.79 Å². The Labute approximate surface area is 120 Å². The zero-order valence-corrected chi connectivity index (χ0v) is 12.6. The van der Waals surface area contributed by atoms with Gasteiger partial charge < -0.3 is 5.32 Å². The molecule has 0 bridgehead atoms. The zero-order valence-electron chi connectivity index (χ0n) is 10.2. The van der Waals surface area contributed by atoms with E-state index in [1.807, 2.05) is 6.07 Å². The number of thiophene rings is 2. The maximum absolute atomic E-state index is 11.9. The van der Waals surface area contributed by atoms with E-state index in [9.17, 15) is 4.79 Å².